The molecule has 0 bridgehead atoms. The standard InChI is InChI=1S/C8H16N2O2/c1-7(2)9-8(12)6-10(3)4-5-11/h5,7H,4,6H2,1-3H3,(H,9,12). The first kappa shape index (κ1) is 11.1. The fourth-order valence-electron chi connectivity index (χ4n) is 0.805. The minimum Gasteiger partial charge on any atom is -0.353 e. The molecule has 4 heteroatoms. The second-order valence-electron chi connectivity index (χ2n) is 3.09. The summed E-state index contributed by atoms with van der Waals surface area (Å²) in [5.41, 5.74) is 0. The van der Waals surface area contributed by atoms with Crippen LogP contribution in [0.3, 0.4) is 0 Å². The summed E-state index contributed by atoms with van der Waals surface area (Å²) >= 11 is 0. The number of rotatable bonds is 5. The molecule has 70 valence electrons. The predicted octanol–water partition coefficient (Wildman–Crippen LogP) is -0.358. The molecule has 0 radical (unpaired) electrons. The van der Waals surface area contributed by atoms with Crippen molar-refractivity contribution in [2.75, 3.05) is 20.1 Å². The number of likely N-dealkylation sites (N-methyl/N-ethyl adjacent to an activating group) is 1. The zero-order valence-corrected chi connectivity index (χ0v) is 7.83. The quantitative estimate of drug-likeness (QED) is 0.576. The van der Waals surface area contributed by atoms with Crippen LogP contribution >= 0.6 is 0 Å². The third-order valence-electron chi connectivity index (χ3n) is 1.25. The third kappa shape index (κ3) is 5.85. The van der Waals surface area contributed by atoms with Crippen LogP contribution in [0, 0.1) is 0 Å². The van der Waals surface area contributed by atoms with Crippen molar-refractivity contribution in [3.05, 3.63) is 0 Å². The van der Waals surface area contributed by atoms with E-state index in [1.165, 1.54) is 0 Å². The van der Waals surface area contributed by atoms with Gasteiger partial charge in [0.05, 0.1) is 13.1 Å². The van der Waals surface area contributed by atoms with Gasteiger partial charge in [-0.1, -0.05) is 0 Å². The highest BCUT2D eigenvalue weighted by Gasteiger charge is 2.05. The SMILES string of the molecule is CC(C)NC(=O)CN(C)CC=O. The Kier molecular flexibility index (Phi) is 5.28. The van der Waals surface area contributed by atoms with Crippen LogP contribution in [0.2, 0.25) is 0 Å². The summed E-state index contributed by atoms with van der Waals surface area (Å²) in [5, 5.41) is 2.74. The topological polar surface area (TPSA) is 49.4 Å². The molecule has 0 saturated carbocycles. The Morgan fingerprint density at radius 2 is 2.17 bits per heavy atom. The highest BCUT2D eigenvalue weighted by Crippen LogP contribution is 1.81. The summed E-state index contributed by atoms with van der Waals surface area (Å²) in [6, 6.07) is 0.155. The van der Waals surface area contributed by atoms with E-state index in [0.29, 0.717) is 6.54 Å². The van der Waals surface area contributed by atoms with Gasteiger partial charge in [0.2, 0.25) is 5.91 Å². The van der Waals surface area contributed by atoms with Gasteiger partial charge in [-0.25, -0.2) is 0 Å². The third-order valence-corrected chi connectivity index (χ3v) is 1.25. The zero-order chi connectivity index (χ0) is 9.56. The first-order chi connectivity index (χ1) is 5.56. The lowest BCUT2D eigenvalue weighted by molar-refractivity contribution is -0.122. The van der Waals surface area contributed by atoms with E-state index in [0.717, 1.165) is 6.29 Å². The molecule has 0 aromatic heterocycles. The highest BCUT2D eigenvalue weighted by atomic mass is 16.2. The van der Waals surface area contributed by atoms with Gasteiger partial charge < -0.3 is 10.1 Å². The van der Waals surface area contributed by atoms with E-state index in [1.54, 1.807) is 11.9 Å². The van der Waals surface area contributed by atoms with Crippen LogP contribution in [-0.4, -0.2) is 43.3 Å². The summed E-state index contributed by atoms with van der Waals surface area (Å²) in [7, 11) is 1.73. The lowest BCUT2D eigenvalue weighted by Gasteiger charge is -2.14. The Labute approximate surface area is 72.9 Å². The van der Waals surface area contributed by atoms with Crippen molar-refractivity contribution in [1.29, 1.82) is 0 Å². The maximum atomic E-state index is 11.1. The zero-order valence-electron chi connectivity index (χ0n) is 7.83. The minimum atomic E-state index is -0.0469. The number of aldehydes is 1. The lowest BCUT2D eigenvalue weighted by atomic mass is 10.4. The number of carbonyl (C=O) groups excluding carboxylic acids is 2. The molecule has 0 heterocycles. The molecule has 0 fully saturated rings. The molecule has 1 amide bonds. The predicted molar refractivity (Wildman–Crippen MR) is 46.8 cm³/mol. The lowest BCUT2D eigenvalue weighted by Crippen LogP contribution is -2.39. The van der Waals surface area contributed by atoms with Gasteiger partial charge in [-0.2, -0.15) is 0 Å². The first-order valence-corrected chi connectivity index (χ1v) is 3.97. The van der Waals surface area contributed by atoms with E-state index in [1.807, 2.05) is 13.8 Å². The number of nitrogens with zero attached hydrogens (tertiary/aromatic N) is 1. The second-order valence-corrected chi connectivity index (χ2v) is 3.09. The fraction of sp³-hybridized carbons (Fsp3) is 0.750. The molecule has 0 unspecified atom stereocenters. The van der Waals surface area contributed by atoms with Crippen LogP contribution in [0.25, 0.3) is 0 Å². The van der Waals surface area contributed by atoms with E-state index < -0.39 is 0 Å². The number of hydrogen-bond acceptors (Lipinski definition) is 3. The minimum absolute atomic E-state index is 0.0469. The summed E-state index contributed by atoms with van der Waals surface area (Å²) in [4.78, 5) is 22.8. The summed E-state index contributed by atoms with van der Waals surface area (Å²) in [6.45, 7) is 4.37. The summed E-state index contributed by atoms with van der Waals surface area (Å²) < 4.78 is 0. The molecule has 0 aromatic rings. The van der Waals surface area contributed by atoms with Gasteiger partial charge in [-0.3, -0.25) is 9.69 Å². The molecule has 12 heavy (non-hydrogen) atoms. The molecular weight excluding hydrogens is 156 g/mol. The van der Waals surface area contributed by atoms with Crippen molar-refractivity contribution in [2.45, 2.75) is 19.9 Å². The normalized spacial score (nSPS) is 10.4. The van der Waals surface area contributed by atoms with E-state index in [4.69, 9.17) is 0 Å². The van der Waals surface area contributed by atoms with Crippen LogP contribution in [0.15, 0.2) is 0 Å². The Morgan fingerprint density at radius 1 is 1.58 bits per heavy atom. The van der Waals surface area contributed by atoms with E-state index in [9.17, 15) is 9.59 Å². The van der Waals surface area contributed by atoms with Gasteiger partial charge in [0.15, 0.2) is 0 Å². The number of carbonyl (C=O) groups is 2. The molecule has 0 atom stereocenters. The Bertz CT molecular complexity index is 157. The number of hydrogen-bond donors (Lipinski definition) is 1. The van der Waals surface area contributed by atoms with Gasteiger partial charge in [0.25, 0.3) is 0 Å². The second kappa shape index (κ2) is 5.71. The van der Waals surface area contributed by atoms with E-state index >= 15 is 0 Å². The smallest absolute Gasteiger partial charge is 0.234 e. The van der Waals surface area contributed by atoms with Gasteiger partial charge in [-0.15, -0.1) is 0 Å². The average molecular weight is 172 g/mol. The van der Waals surface area contributed by atoms with Gasteiger partial charge >= 0.3 is 0 Å². The van der Waals surface area contributed by atoms with Crippen molar-refractivity contribution < 1.29 is 9.59 Å². The van der Waals surface area contributed by atoms with E-state index in [-0.39, 0.29) is 18.5 Å². The molecular formula is C8H16N2O2. The van der Waals surface area contributed by atoms with Crippen molar-refractivity contribution in [3.63, 3.8) is 0 Å². The Hall–Kier alpha value is -0.900. The Balaban J connectivity index is 3.61. The largest absolute Gasteiger partial charge is 0.353 e. The highest BCUT2D eigenvalue weighted by molar-refractivity contribution is 5.78. The summed E-state index contributed by atoms with van der Waals surface area (Å²) in [6.07, 6.45) is 0.780. The molecule has 0 rings (SSSR count). The molecule has 1 N–H and O–H groups in total. The van der Waals surface area contributed by atoms with Crippen LogP contribution in [-0.2, 0) is 9.59 Å². The van der Waals surface area contributed by atoms with Gasteiger partial charge in [0.1, 0.15) is 6.29 Å². The van der Waals surface area contributed by atoms with Crippen molar-refractivity contribution >= 4 is 12.2 Å². The number of nitrogens with one attached hydrogen (secondary N) is 1. The van der Waals surface area contributed by atoms with Gasteiger partial charge in [0, 0.05) is 6.04 Å². The molecule has 0 aliphatic heterocycles. The maximum Gasteiger partial charge on any atom is 0.234 e. The summed E-state index contributed by atoms with van der Waals surface area (Å²) in [5.74, 6) is -0.0469. The van der Waals surface area contributed by atoms with Crippen LogP contribution in [0.4, 0.5) is 0 Å². The molecule has 0 aliphatic carbocycles. The van der Waals surface area contributed by atoms with E-state index in [2.05, 4.69) is 5.32 Å². The average Bonchev–Trinajstić information content (AvgIpc) is 1.84. The number of amides is 1. The molecule has 0 aromatic carbocycles. The van der Waals surface area contributed by atoms with Crippen LogP contribution in [0.5, 0.6) is 0 Å². The van der Waals surface area contributed by atoms with Crippen molar-refractivity contribution in [1.82, 2.24) is 10.2 Å². The monoisotopic (exact) mass is 172 g/mol. The first-order valence-electron chi connectivity index (χ1n) is 3.97. The molecule has 0 saturated heterocycles. The molecule has 0 spiro atoms. The maximum absolute atomic E-state index is 11.1. The molecule has 0 aliphatic rings. The van der Waals surface area contributed by atoms with Crippen LogP contribution < -0.4 is 5.32 Å². The fourth-order valence-corrected chi connectivity index (χ4v) is 0.805. The van der Waals surface area contributed by atoms with Crippen LogP contribution in [0.1, 0.15) is 13.8 Å². The molecule has 4 nitrogen and oxygen atoms in total. The Morgan fingerprint density at radius 3 is 2.58 bits per heavy atom. The van der Waals surface area contributed by atoms with Crippen molar-refractivity contribution in [2.24, 2.45) is 0 Å². The van der Waals surface area contributed by atoms with Gasteiger partial charge in [-0.05, 0) is 20.9 Å². The van der Waals surface area contributed by atoms with Crippen molar-refractivity contribution in [3.8, 4) is 0 Å².